The van der Waals surface area contributed by atoms with Crippen LogP contribution in [0.3, 0.4) is 0 Å². The maximum atomic E-state index is 14.2. The van der Waals surface area contributed by atoms with E-state index in [1.165, 1.54) is 83.1 Å². The van der Waals surface area contributed by atoms with Crippen LogP contribution < -0.4 is 0 Å². The first kappa shape index (κ1) is 22.8. The van der Waals surface area contributed by atoms with E-state index in [1.54, 1.807) is 0 Å². The first-order valence-electron chi connectivity index (χ1n) is 13.7. The van der Waals surface area contributed by atoms with E-state index < -0.39 is 17.5 Å². The van der Waals surface area contributed by atoms with Gasteiger partial charge in [-0.25, -0.2) is 13.2 Å². The van der Waals surface area contributed by atoms with E-state index in [2.05, 4.69) is 6.92 Å². The Morgan fingerprint density at radius 1 is 0.688 bits per heavy atom. The molecule has 3 heteroatoms. The Balaban J connectivity index is 1.15. The van der Waals surface area contributed by atoms with Gasteiger partial charge < -0.3 is 0 Å². The lowest BCUT2D eigenvalue weighted by Gasteiger charge is -2.47. The summed E-state index contributed by atoms with van der Waals surface area (Å²) in [5.41, 5.74) is 1.16. The summed E-state index contributed by atoms with van der Waals surface area (Å²) in [7, 11) is 0. The lowest BCUT2D eigenvalue weighted by Crippen LogP contribution is -2.37. The number of hydrogen-bond donors (Lipinski definition) is 0. The van der Waals surface area contributed by atoms with Gasteiger partial charge in [-0.1, -0.05) is 32.6 Å². The van der Waals surface area contributed by atoms with Gasteiger partial charge in [-0.3, -0.25) is 0 Å². The van der Waals surface area contributed by atoms with E-state index in [1.807, 2.05) is 0 Å². The molecular weight excluding hydrogens is 405 g/mol. The number of rotatable bonds is 4. The molecule has 0 amide bonds. The average Bonchev–Trinajstić information content (AvgIpc) is 2.82. The van der Waals surface area contributed by atoms with Crippen molar-refractivity contribution in [1.82, 2.24) is 0 Å². The van der Waals surface area contributed by atoms with Gasteiger partial charge in [0.1, 0.15) is 0 Å². The summed E-state index contributed by atoms with van der Waals surface area (Å²) in [6.45, 7) is 2.33. The number of hydrogen-bond acceptors (Lipinski definition) is 0. The highest BCUT2D eigenvalue weighted by molar-refractivity contribution is 5.33. The molecule has 0 radical (unpaired) electrons. The topological polar surface area (TPSA) is 0 Å². The Labute approximate surface area is 192 Å². The zero-order chi connectivity index (χ0) is 22.2. The standard InChI is InChI=1S/C29H41F3/c1-2-3-18-4-6-19(7-5-18)20-8-9-22-15-23(11-10-21(22)14-20)24-12-13-26-25(16-24)17-27(30)29(32)28(26)31/h17-24H,2-16H2,1H3. The highest BCUT2D eigenvalue weighted by Gasteiger charge is 2.41. The Hall–Kier alpha value is -0.990. The number of fused-ring (bicyclic) bond motifs is 2. The SMILES string of the molecule is CCCC1CCC(C2CCC3CC(C4CCc5c(cc(F)c(F)c5F)C4)CCC3C2)CC1. The summed E-state index contributed by atoms with van der Waals surface area (Å²) in [5.74, 6) is 2.68. The Morgan fingerprint density at radius 3 is 1.88 bits per heavy atom. The lowest BCUT2D eigenvalue weighted by molar-refractivity contribution is 0.0439. The van der Waals surface area contributed by atoms with Gasteiger partial charge in [-0.15, -0.1) is 0 Å². The lowest BCUT2D eigenvalue weighted by atomic mass is 9.58. The van der Waals surface area contributed by atoms with Crippen molar-refractivity contribution in [3.63, 3.8) is 0 Å². The van der Waals surface area contributed by atoms with Crippen LogP contribution >= 0.6 is 0 Å². The normalized spacial score (nSPS) is 37.6. The largest absolute Gasteiger partial charge is 0.204 e. The molecule has 4 aliphatic rings. The van der Waals surface area contributed by atoms with Gasteiger partial charge >= 0.3 is 0 Å². The molecule has 0 saturated heterocycles. The van der Waals surface area contributed by atoms with Gasteiger partial charge in [0.25, 0.3) is 0 Å². The first-order valence-corrected chi connectivity index (χ1v) is 13.7. The molecule has 0 aliphatic heterocycles. The summed E-state index contributed by atoms with van der Waals surface area (Å²) >= 11 is 0. The van der Waals surface area contributed by atoms with Crippen molar-refractivity contribution in [2.24, 2.45) is 41.4 Å². The molecule has 1 aromatic rings. The molecule has 0 bridgehead atoms. The molecule has 5 rings (SSSR count). The van der Waals surface area contributed by atoms with E-state index in [9.17, 15) is 13.2 Å². The number of halogens is 3. The van der Waals surface area contributed by atoms with Crippen molar-refractivity contribution in [3.8, 4) is 0 Å². The molecule has 32 heavy (non-hydrogen) atoms. The summed E-state index contributed by atoms with van der Waals surface area (Å²) in [4.78, 5) is 0. The molecule has 0 heterocycles. The Bertz CT molecular complexity index is 794. The van der Waals surface area contributed by atoms with Gasteiger partial charge in [0.15, 0.2) is 17.5 Å². The predicted octanol–water partition coefficient (Wildman–Crippen LogP) is 8.65. The van der Waals surface area contributed by atoms with Gasteiger partial charge in [0.05, 0.1) is 0 Å². The van der Waals surface area contributed by atoms with Gasteiger partial charge in [0.2, 0.25) is 0 Å². The van der Waals surface area contributed by atoms with Crippen molar-refractivity contribution in [1.29, 1.82) is 0 Å². The minimum absolute atomic E-state index is 0.433. The van der Waals surface area contributed by atoms with Crippen LogP contribution in [0, 0.1) is 58.9 Å². The fourth-order valence-electron chi connectivity index (χ4n) is 8.43. The summed E-state index contributed by atoms with van der Waals surface area (Å²) < 4.78 is 41.6. The molecule has 1 aromatic carbocycles. The summed E-state index contributed by atoms with van der Waals surface area (Å²) in [6, 6.07) is 1.27. The number of benzene rings is 1. The second-order valence-electron chi connectivity index (χ2n) is 11.9. The van der Waals surface area contributed by atoms with Gasteiger partial charge in [0, 0.05) is 0 Å². The van der Waals surface area contributed by atoms with E-state index >= 15 is 0 Å². The molecule has 4 aliphatic carbocycles. The molecule has 0 nitrogen and oxygen atoms in total. The van der Waals surface area contributed by atoms with Crippen LogP contribution in [0.2, 0.25) is 0 Å². The van der Waals surface area contributed by atoms with Gasteiger partial charge in [-0.2, -0.15) is 0 Å². The van der Waals surface area contributed by atoms with Crippen molar-refractivity contribution in [2.45, 2.75) is 103 Å². The highest BCUT2D eigenvalue weighted by Crippen LogP contribution is 2.51. The zero-order valence-corrected chi connectivity index (χ0v) is 19.9. The van der Waals surface area contributed by atoms with E-state index in [0.717, 1.165) is 48.0 Å². The quantitative estimate of drug-likeness (QED) is 0.406. The molecule has 178 valence electrons. The van der Waals surface area contributed by atoms with Gasteiger partial charge in [-0.05, 0) is 129 Å². The van der Waals surface area contributed by atoms with Crippen LogP contribution in [0.25, 0.3) is 0 Å². The van der Waals surface area contributed by atoms with Crippen LogP contribution in [0.1, 0.15) is 102 Å². The van der Waals surface area contributed by atoms with Crippen LogP contribution in [0.5, 0.6) is 0 Å². The zero-order valence-electron chi connectivity index (χ0n) is 19.9. The minimum atomic E-state index is -1.29. The van der Waals surface area contributed by atoms with Crippen molar-refractivity contribution in [3.05, 3.63) is 34.6 Å². The maximum absolute atomic E-state index is 14.2. The van der Waals surface area contributed by atoms with Crippen LogP contribution in [-0.2, 0) is 12.8 Å². The van der Waals surface area contributed by atoms with E-state index in [-0.39, 0.29) is 0 Å². The fraction of sp³-hybridized carbons (Fsp3) is 0.793. The molecule has 3 fully saturated rings. The highest BCUT2D eigenvalue weighted by atomic mass is 19.2. The minimum Gasteiger partial charge on any atom is -0.204 e. The second kappa shape index (κ2) is 9.71. The molecule has 5 atom stereocenters. The molecule has 0 aromatic heterocycles. The third kappa shape index (κ3) is 4.51. The fourth-order valence-corrected chi connectivity index (χ4v) is 8.43. The van der Waals surface area contributed by atoms with Crippen LogP contribution in [0.4, 0.5) is 13.2 Å². The predicted molar refractivity (Wildman–Crippen MR) is 124 cm³/mol. The monoisotopic (exact) mass is 446 g/mol. The van der Waals surface area contributed by atoms with Crippen LogP contribution in [-0.4, -0.2) is 0 Å². The third-order valence-electron chi connectivity index (χ3n) is 10.2. The smallest absolute Gasteiger partial charge is 0.194 e. The van der Waals surface area contributed by atoms with Crippen molar-refractivity contribution >= 4 is 0 Å². The third-order valence-corrected chi connectivity index (χ3v) is 10.2. The summed E-state index contributed by atoms with van der Waals surface area (Å²) in [5, 5.41) is 0. The molecule has 0 N–H and O–H groups in total. The Kier molecular flexibility index (Phi) is 6.91. The first-order chi connectivity index (χ1) is 15.5. The average molecular weight is 447 g/mol. The molecule has 3 saturated carbocycles. The Morgan fingerprint density at radius 2 is 1.25 bits per heavy atom. The van der Waals surface area contributed by atoms with E-state index in [0.29, 0.717) is 23.8 Å². The molecular formula is C29H41F3. The van der Waals surface area contributed by atoms with Crippen LogP contribution in [0.15, 0.2) is 6.07 Å². The maximum Gasteiger partial charge on any atom is 0.194 e. The molecule has 0 spiro atoms. The second-order valence-corrected chi connectivity index (χ2v) is 11.9. The molecule has 5 unspecified atom stereocenters. The van der Waals surface area contributed by atoms with Crippen molar-refractivity contribution in [2.75, 3.05) is 0 Å². The van der Waals surface area contributed by atoms with E-state index in [4.69, 9.17) is 0 Å². The summed E-state index contributed by atoms with van der Waals surface area (Å²) in [6.07, 6.45) is 19.1. The van der Waals surface area contributed by atoms with Crippen molar-refractivity contribution < 1.29 is 13.2 Å².